The first-order valence-corrected chi connectivity index (χ1v) is 11.9. The van der Waals surface area contributed by atoms with E-state index in [1.807, 2.05) is 67.6 Å². The molecular weight excluding hydrogens is 466 g/mol. The van der Waals surface area contributed by atoms with Crippen molar-refractivity contribution in [2.45, 2.75) is 26.2 Å². The van der Waals surface area contributed by atoms with Gasteiger partial charge in [-0.15, -0.1) is 0 Å². The molecule has 3 aromatic carbocycles. The average Bonchev–Trinajstić information content (AvgIpc) is 3.47. The van der Waals surface area contributed by atoms with Gasteiger partial charge in [-0.3, -0.25) is 0 Å². The van der Waals surface area contributed by atoms with Gasteiger partial charge in [0.15, 0.2) is 5.82 Å². The van der Waals surface area contributed by atoms with E-state index < -0.39 is 0 Å². The Morgan fingerprint density at radius 2 is 1.81 bits per heavy atom. The van der Waals surface area contributed by atoms with E-state index in [0.29, 0.717) is 41.8 Å². The van der Waals surface area contributed by atoms with E-state index in [2.05, 4.69) is 20.6 Å². The van der Waals surface area contributed by atoms with Gasteiger partial charge in [-0.1, -0.05) is 18.2 Å². The van der Waals surface area contributed by atoms with Crippen LogP contribution in [-0.2, 0) is 18.0 Å². The van der Waals surface area contributed by atoms with Crippen LogP contribution in [0.4, 0.5) is 5.82 Å². The zero-order valence-electron chi connectivity index (χ0n) is 20.1. The minimum absolute atomic E-state index is 0.0536. The molecule has 3 heterocycles. The SMILES string of the molecule is CC1OCc2c1c1ncnc(N)c1n2-c1ccc(Oc2cccc(OCc3ccc(C#N)cc3)c2)cc1. The van der Waals surface area contributed by atoms with Gasteiger partial charge < -0.3 is 24.5 Å². The second-order valence-electron chi connectivity index (χ2n) is 8.77. The number of fused-ring (bicyclic) bond motifs is 3. The molecule has 0 amide bonds. The highest BCUT2D eigenvalue weighted by atomic mass is 16.5. The van der Waals surface area contributed by atoms with Crippen LogP contribution in [0.25, 0.3) is 16.7 Å². The number of nitrogen functional groups attached to an aromatic ring is 1. The largest absolute Gasteiger partial charge is 0.489 e. The molecule has 1 atom stereocenters. The zero-order valence-corrected chi connectivity index (χ0v) is 20.1. The summed E-state index contributed by atoms with van der Waals surface area (Å²) >= 11 is 0. The zero-order chi connectivity index (χ0) is 25.4. The third kappa shape index (κ3) is 4.22. The molecule has 2 N–H and O–H groups in total. The minimum atomic E-state index is -0.0536. The van der Waals surface area contributed by atoms with Crippen LogP contribution in [0.3, 0.4) is 0 Å². The number of anilines is 1. The Balaban J connectivity index is 1.21. The second-order valence-corrected chi connectivity index (χ2v) is 8.77. The number of aromatic nitrogens is 3. The Morgan fingerprint density at radius 3 is 2.59 bits per heavy atom. The summed E-state index contributed by atoms with van der Waals surface area (Å²) in [5.74, 6) is 2.48. The maximum atomic E-state index is 8.94. The third-order valence-electron chi connectivity index (χ3n) is 6.41. The molecule has 1 aliphatic rings. The van der Waals surface area contributed by atoms with Crippen molar-refractivity contribution in [3.63, 3.8) is 0 Å². The van der Waals surface area contributed by atoms with Crippen LogP contribution in [0, 0.1) is 11.3 Å². The van der Waals surface area contributed by atoms with E-state index in [1.54, 1.807) is 12.1 Å². The third-order valence-corrected chi connectivity index (χ3v) is 6.41. The molecular formula is C29H23N5O3. The summed E-state index contributed by atoms with van der Waals surface area (Å²) in [5.41, 5.74) is 12.5. The Morgan fingerprint density at radius 1 is 1.03 bits per heavy atom. The smallest absolute Gasteiger partial charge is 0.151 e. The van der Waals surface area contributed by atoms with E-state index >= 15 is 0 Å². The molecule has 0 radical (unpaired) electrons. The molecule has 6 rings (SSSR count). The minimum Gasteiger partial charge on any atom is -0.489 e. The first kappa shape index (κ1) is 22.6. The summed E-state index contributed by atoms with van der Waals surface area (Å²) in [5, 5.41) is 8.94. The molecule has 1 unspecified atom stereocenters. The number of nitriles is 1. The number of hydrogen-bond donors (Lipinski definition) is 1. The summed E-state index contributed by atoms with van der Waals surface area (Å²) in [7, 11) is 0. The maximum Gasteiger partial charge on any atom is 0.151 e. The van der Waals surface area contributed by atoms with Crippen molar-refractivity contribution >= 4 is 16.9 Å². The number of hydrogen-bond acceptors (Lipinski definition) is 7. The van der Waals surface area contributed by atoms with E-state index in [9.17, 15) is 0 Å². The van der Waals surface area contributed by atoms with Crippen molar-refractivity contribution in [3.8, 4) is 29.0 Å². The Bertz CT molecular complexity index is 1640. The number of ether oxygens (including phenoxy) is 3. The fraction of sp³-hybridized carbons (Fsp3) is 0.138. The van der Waals surface area contributed by atoms with E-state index in [-0.39, 0.29) is 6.10 Å². The van der Waals surface area contributed by atoms with Gasteiger partial charge in [0.25, 0.3) is 0 Å². The van der Waals surface area contributed by atoms with Crippen LogP contribution < -0.4 is 15.2 Å². The predicted octanol–water partition coefficient (Wildman–Crippen LogP) is 5.84. The average molecular weight is 490 g/mol. The van der Waals surface area contributed by atoms with Gasteiger partial charge in [-0.2, -0.15) is 5.26 Å². The number of rotatable bonds is 6. The van der Waals surface area contributed by atoms with Crippen LogP contribution in [0.15, 0.2) is 79.1 Å². The molecule has 2 aromatic heterocycles. The standard InChI is InChI=1S/C29H23N5O3/c1-18-26-25(16-35-18)34(28-27(26)32-17-33-29(28)31)21-9-11-22(12-10-21)37-24-4-2-3-23(13-24)36-15-20-7-5-19(14-30)6-8-20/h2-13,17-18H,15-16H2,1H3,(H2,31,32,33). The van der Waals surface area contributed by atoms with E-state index in [4.69, 9.17) is 25.2 Å². The molecule has 5 aromatic rings. The summed E-state index contributed by atoms with van der Waals surface area (Å²) in [4.78, 5) is 8.70. The number of nitrogens with zero attached hydrogens (tertiary/aromatic N) is 4. The lowest BCUT2D eigenvalue weighted by Crippen LogP contribution is -2.03. The topological polar surface area (TPSA) is 108 Å². The summed E-state index contributed by atoms with van der Waals surface area (Å²) in [6.45, 7) is 2.90. The Hall–Kier alpha value is -4.87. The van der Waals surface area contributed by atoms with E-state index in [1.165, 1.54) is 6.33 Å². The van der Waals surface area contributed by atoms with Crippen molar-refractivity contribution < 1.29 is 14.2 Å². The van der Waals surface area contributed by atoms with Crippen molar-refractivity contribution in [1.82, 2.24) is 14.5 Å². The molecule has 0 saturated carbocycles. The lowest BCUT2D eigenvalue weighted by atomic mass is 10.1. The first-order valence-electron chi connectivity index (χ1n) is 11.9. The molecule has 0 bridgehead atoms. The maximum absolute atomic E-state index is 8.94. The van der Waals surface area contributed by atoms with Gasteiger partial charge in [-0.05, 0) is 61.0 Å². The van der Waals surface area contributed by atoms with Gasteiger partial charge in [0.05, 0.1) is 30.0 Å². The summed E-state index contributed by atoms with van der Waals surface area (Å²) in [6.07, 6.45) is 1.44. The Kier molecular flexibility index (Phi) is 5.68. The Labute approximate surface area is 213 Å². The van der Waals surface area contributed by atoms with Gasteiger partial charge in [0.1, 0.15) is 41.2 Å². The van der Waals surface area contributed by atoms with Gasteiger partial charge >= 0.3 is 0 Å². The molecule has 1 aliphatic heterocycles. The van der Waals surface area contributed by atoms with Gasteiger partial charge in [-0.25, -0.2) is 9.97 Å². The molecule has 8 nitrogen and oxygen atoms in total. The monoisotopic (exact) mass is 489 g/mol. The first-order chi connectivity index (χ1) is 18.1. The number of benzene rings is 3. The van der Waals surface area contributed by atoms with E-state index in [0.717, 1.165) is 33.5 Å². The molecule has 182 valence electrons. The van der Waals surface area contributed by atoms with Crippen LogP contribution >= 0.6 is 0 Å². The second kappa shape index (κ2) is 9.30. The van der Waals surface area contributed by atoms with Crippen molar-refractivity contribution in [2.24, 2.45) is 0 Å². The lowest BCUT2D eigenvalue weighted by molar-refractivity contribution is 0.0783. The quantitative estimate of drug-likeness (QED) is 0.319. The van der Waals surface area contributed by atoms with Crippen molar-refractivity contribution in [3.05, 3.63) is 102 Å². The fourth-order valence-electron chi connectivity index (χ4n) is 4.61. The fourth-order valence-corrected chi connectivity index (χ4v) is 4.61. The van der Waals surface area contributed by atoms with Crippen molar-refractivity contribution in [1.29, 1.82) is 5.26 Å². The highest BCUT2D eigenvalue weighted by Crippen LogP contribution is 2.41. The number of nitrogens with two attached hydrogens (primary N) is 1. The van der Waals surface area contributed by atoms with Crippen LogP contribution in [-0.4, -0.2) is 14.5 Å². The van der Waals surface area contributed by atoms with Crippen LogP contribution in [0.1, 0.15) is 35.4 Å². The summed E-state index contributed by atoms with van der Waals surface area (Å²) in [6, 6.07) is 24.7. The predicted molar refractivity (Wildman–Crippen MR) is 138 cm³/mol. The van der Waals surface area contributed by atoms with Crippen LogP contribution in [0.5, 0.6) is 17.2 Å². The van der Waals surface area contributed by atoms with Crippen LogP contribution in [0.2, 0.25) is 0 Å². The molecule has 0 aliphatic carbocycles. The van der Waals surface area contributed by atoms with Gasteiger partial charge in [0, 0.05) is 17.3 Å². The highest BCUT2D eigenvalue weighted by Gasteiger charge is 2.30. The lowest BCUT2D eigenvalue weighted by Gasteiger charge is -2.12. The highest BCUT2D eigenvalue weighted by molar-refractivity contribution is 5.91. The molecule has 0 saturated heterocycles. The molecule has 8 heteroatoms. The summed E-state index contributed by atoms with van der Waals surface area (Å²) < 4.78 is 20.0. The van der Waals surface area contributed by atoms with Gasteiger partial charge in [0.2, 0.25) is 0 Å². The van der Waals surface area contributed by atoms with Crippen molar-refractivity contribution in [2.75, 3.05) is 5.73 Å². The normalized spacial score (nSPS) is 14.3. The molecule has 0 fully saturated rings. The molecule has 37 heavy (non-hydrogen) atoms. The molecule has 0 spiro atoms.